The van der Waals surface area contributed by atoms with Gasteiger partial charge in [0.15, 0.2) is 5.96 Å². The lowest BCUT2D eigenvalue weighted by atomic mass is 9.97. The van der Waals surface area contributed by atoms with Crippen molar-refractivity contribution in [1.82, 2.24) is 16.0 Å². The van der Waals surface area contributed by atoms with Crippen LogP contribution >= 0.6 is 0 Å². The second-order valence-corrected chi connectivity index (χ2v) is 7.21. The van der Waals surface area contributed by atoms with E-state index < -0.39 is 54.1 Å². The van der Waals surface area contributed by atoms with Crippen LogP contribution < -0.4 is 38.9 Å². The number of nitrogens with zero attached hydrogens (tertiary/aromatic N) is 1. The summed E-state index contributed by atoms with van der Waals surface area (Å²) in [6.45, 7) is 3.39. The number of guanidine groups is 1. The molecule has 0 bridgehead atoms. The van der Waals surface area contributed by atoms with Crippen molar-refractivity contribution in [1.29, 1.82) is 0 Å². The third-order valence-electron chi connectivity index (χ3n) is 4.60. The molecule has 4 atom stereocenters. The maximum absolute atomic E-state index is 12.8. The Bertz CT molecular complexity index is 710. The van der Waals surface area contributed by atoms with Gasteiger partial charge >= 0.3 is 5.97 Å². The number of carbonyl (C=O) groups excluding carboxylic acids is 4. The van der Waals surface area contributed by atoms with Crippen LogP contribution in [0.1, 0.15) is 39.5 Å². The van der Waals surface area contributed by atoms with Gasteiger partial charge in [0.05, 0.1) is 13.0 Å². The molecule has 4 unspecified atom stereocenters. The van der Waals surface area contributed by atoms with E-state index >= 15 is 0 Å². The smallest absolute Gasteiger partial charge is 0.326 e. The van der Waals surface area contributed by atoms with E-state index in [1.807, 2.05) is 6.92 Å². The molecule has 0 saturated heterocycles. The zero-order chi connectivity index (χ0) is 24.8. The van der Waals surface area contributed by atoms with Crippen LogP contribution in [-0.2, 0) is 24.0 Å². The van der Waals surface area contributed by atoms with Crippen molar-refractivity contribution >= 4 is 35.6 Å². The number of amides is 4. The highest BCUT2D eigenvalue weighted by molar-refractivity contribution is 5.94. The standard InChI is InChI=1S/C18H34N8O6/c1-3-9(2)14(26-13(28)8-19)16(30)24-10(5-4-6-23-18(21)22)15(29)25-11(17(31)32)7-12(20)27/h9-11,14H,3-8,19H2,1-2H3,(H2,20,27)(H,24,30)(H,25,29)(H,26,28)(H,31,32)(H4,21,22,23). The van der Waals surface area contributed by atoms with Crippen LogP contribution in [0.2, 0.25) is 0 Å². The molecular formula is C18H34N8O6. The Labute approximate surface area is 185 Å². The van der Waals surface area contributed by atoms with Gasteiger partial charge in [-0.25, -0.2) is 4.79 Å². The topological polar surface area (TPSA) is 258 Å². The number of carbonyl (C=O) groups is 5. The molecule has 182 valence electrons. The van der Waals surface area contributed by atoms with Gasteiger partial charge in [0.2, 0.25) is 23.6 Å². The molecule has 4 amide bonds. The van der Waals surface area contributed by atoms with Crippen molar-refractivity contribution in [3.8, 4) is 0 Å². The van der Waals surface area contributed by atoms with Gasteiger partial charge in [0.1, 0.15) is 18.1 Å². The van der Waals surface area contributed by atoms with E-state index in [9.17, 15) is 29.1 Å². The summed E-state index contributed by atoms with van der Waals surface area (Å²) in [4.78, 5) is 63.5. The van der Waals surface area contributed by atoms with Crippen LogP contribution in [0.4, 0.5) is 0 Å². The maximum atomic E-state index is 12.8. The fraction of sp³-hybridized carbons (Fsp3) is 0.667. The Morgan fingerprint density at radius 2 is 1.56 bits per heavy atom. The van der Waals surface area contributed by atoms with E-state index in [1.165, 1.54) is 0 Å². The number of nitrogens with one attached hydrogen (secondary N) is 3. The lowest BCUT2D eigenvalue weighted by molar-refractivity contribution is -0.143. The average molecular weight is 459 g/mol. The number of hydrogen-bond donors (Lipinski definition) is 8. The molecule has 0 rings (SSSR count). The van der Waals surface area contributed by atoms with E-state index in [-0.39, 0.29) is 37.8 Å². The van der Waals surface area contributed by atoms with Gasteiger partial charge in [0.25, 0.3) is 0 Å². The molecule has 0 aromatic rings. The van der Waals surface area contributed by atoms with E-state index in [4.69, 9.17) is 22.9 Å². The molecule has 0 aliphatic carbocycles. The lowest BCUT2D eigenvalue weighted by Crippen LogP contribution is -2.57. The minimum absolute atomic E-state index is 0.0509. The van der Waals surface area contributed by atoms with Crippen molar-refractivity contribution in [2.75, 3.05) is 13.1 Å². The van der Waals surface area contributed by atoms with Gasteiger partial charge in [-0.3, -0.25) is 24.2 Å². The monoisotopic (exact) mass is 458 g/mol. The van der Waals surface area contributed by atoms with Crippen LogP contribution in [0.5, 0.6) is 0 Å². The summed E-state index contributed by atoms with van der Waals surface area (Å²) < 4.78 is 0. The minimum Gasteiger partial charge on any atom is -0.480 e. The van der Waals surface area contributed by atoms with Crippen molar-refractivity contribution in [3.05, 3.63) is 0 Å². The summed E-state index contributed by atoms with van der Waals surface area (Å²) in [7, 11) is 0. The first-order chi connectivity index (χ1) is 14.9. The first kappa shape index (κ1) is 28.6. The van der Waals surface area contributed by atoms with Gasteiger partial charge in [-0.15, -0.1) is 0 Å². The molecule has 0 aliphatic rings. The number of aliphatic carboxylic acids is 1. The van der Waals surface area contributed by atoms with Gasteiger partial charge in [0, 0.05) is 6.54 Å². The highest BCUT2D eigenvalue weighted by atomic mass is 16.4. The summed E-state index contributed by atoms with van der Waals surface area (Å²) >= 11 is 0. The maximum Gasteiger partial charge on any atom is 0.326 e. The second-order valence-electron chi connectivity index (χ2n) is 7.21. The molecule has 0 aromatic carbocycles. The largest absolute Gasteiger partial charge is 0.480 e. The normalized spacial score (nSPS) is 14.2. The number of primary amides is 1. The first-order valence-electron chi connectivity index (χ1n) is 10.1. The van der Waals surface area contributed by atoms with E-state index in [1.54, 1.807) is 6.92 Å². The predicted molar refractivity (Wildman–Crippen MR) is 116 cm³/mol. The Morgan fingerprint density at radius 3 is 2.03 bits per heavy atom. The minimum atomic E-state index is -1.57. The van der Waals surface area contributed by atoms with Gasteiger partial charge in [-0.2, -0.15) is 0 Å². The molecule has 14 heteroatoms. The quantitative estimate of drug-likeness (QED) is 0.0685. The molecule has 12 N–H and O–H groups in total. The third-order valence-corrected chi connectivity index (χ3v) is 4.60. The zero-order valence-electron chi connectivity index (χ0n) is 18.3. The van der Waals surface area contributed by atoms with E-state index in [2.05, 4.69) is 20.9 Å². The first-order valence-corrected chi connectivity index (χ1v) is 10.1. The Hall–Kier alpha value is -3.42. The SMILES string of the molecule is CCC(C)C(NC(=O)CN)C(=O)NC(CCCN=C(N)N)C(=O)NC(CC(N)=O)C(=O)O. The van der Waals surface area contributed by atoms with Gasteiger partial charge in [-0.1, -0.05) is 20.3 Å². The average Bonchev–Trinajstić information content (AvgIpc) is 2.71. The van der Waals surface area contributed by atoms with E-state index in [0.29, 0.717) is 6.42 Å². The molecule has 32 heavy (non-hydrogen) atoms. The van der Waals surface area contributed by atoms with Crippen molar-refractivity contribution in [2.24, 2.45) is 33.8 Å². The molecule has 0 fully saturated rings. The third kappa shape index (κ3) is 11.1. The van der Waals surface area contributed by atoms with Crippen LogP contribution in [0.25, 0.3) is 0 Å². The summed E-state index contributed by atoms with van der Waals surface area (Å²) in [5.41, 5.74) is 20.9. The van der Waals surface area contributed by atoms with Crippen molar-refractivity contribution in [2.45, 2.75) is 57.7 Å². The van der Waals surface area contributed by atoms with E-state index in [0.717, 1.165) is 0 Å². The van der Waals surface area contributed by atoms with Crippen LogP contribution in [0.3, 0.4) is 0 Å². The molecule has 0 spiro atoms. The Balaban J connectivity index is 5.55. The molecule has 0 aromatic heterocycles. The fourth-order valence-corrected chi connectivity index (χ4v) is 2.64. The molecule has 0 saturated carbocycles. The molecule has 0 heterocycles. The molecular weight excluding hydrogens is 424 g/mol. The second kappa shape index (κ2) is 14.6. The zero-order valence-corrected chi connectivity index (χ0v) is 18.3. The highest BCUT2D eigenvalue weighted by Crippen LogP contribution is 2.10. The number of aliphatic imine (C=N–C) groups is 1. The van der Waals surface area contributed by atoms with Crippen molar-refractivity contribution < 1.29 is 29.1 Å². The molecule has 14 nitrogen and oxygen atoms in total. The number of carboxylic acids is 1. The Morgan fingerprint density at radius 1 is 0.969 bits per heavy atom. The Kier molecular flexibility index (Phi) is 13.0. The predicted octanol–water partition coefficient (Wildman–Crippen LogP) is -3.54. The van der Waals surface area contributed by atoms with Crippen LogP contribution in [-0.4, -0.2) is 71.9 Å². The van der Waals surface area contributed by atoms with Crippen LogP contribution in [0.15, 0.2) is 4.99 Å². The van der Waals surface area contributed by atoms with Gasteiger partial charge < -0.3 is 44.0 Å². The van der Waals surface area contributed by atoms with Crippen molar-refractivity contribution in [3.63, 3.8) is 0 Å². The molecule has 0 aliphatic heterocycles. The lowest BCUT2D eigenvalue weighted by Gasteiger charge is -2.27. The fourth-order valence-electron chi connectivity index (χ4n) is 2.64. The number of hydrogen-bond acceptors (Lipinski definition) is 7. The number of nitrogens with two attached hydrogens (primary N) is 4. The summed E-state index contributed by atoms with van der Waals surface area (Å²) in [6, 6.07) is -3.72. The summed E-state index contributed by atoms with van der Waals surface area (Å²) in [6.07, 6.45) is 0.240. The van der Waals surface area contributed by atoms with Gasteiger partial charge in [-0.05, 0) is 18.8 Å². The summed E-state index contributed by atoms with van der Waals surface area (Å²) in [5.74, 6) is -4.86. The van der Waals surface area contributed by atoms with Crippen LogP contribution in [0, 0.1) is 5.92 Å². The summed E-state index contributed by atoms with van der Waals surface area (Å²) in [5, 5.41) is 16.4. The molecule has 0 radical (unpaired) electrons. The number of rotatable bonds is 15. The highest BCUT2D eigenvalue weighted by Gasteiger charge is 2.31. The number of carboxylic acid groups (broad SMARTS) is 1.